The number of nitrogens with zero attached hydrogens (tertiary/aromatic N) is 2. The molecule has 0 saturated carbocycles. The summed E-state index contributed by atoms with van der Waals surface area (Å²) in [6, 6.07) is 13.5. The molecule has 1 heterocycles. The van der Waals surface area contributed by atoms with Crippen molar-refractivity contribution < 1.29 is 22.7 Å². The summed E-state index contributed by atoms with van der Waals surface area (Å²) in [5.74, 6) is -0.494. The van der Waals surface area contributed by atoms with Gasteiger partial charge in [0, 0.05) is 13.1 Å². The molecular formula is C22H27N3O5S. The normalized spacial score (nSPS) is 15.6. The second-order valence-electron chi connectivity index (χ2n) is 7.02. The van der Waals surface area contributed by atoms with Crippen LogP contribution in [-0.4, -0.2) is 56.6 Å². The Bertz CT molecular complexity index is 1070. The van der Waals surface area contributed by atoms with Crippen molar-refractivity contribution in [2.45, 2.75) is 26.9 Å². The zero-order valence-electron chi connectivity index (χ0n) is 17.9. The molecule has 0 aliphatic carbocycles. The van der Waals surface area contributed by atoms with E-state index >= 15 is 0 Å². The van der Waals surface area contributed by atoms with E-state index in [1.54, 1.807) is 60.4 Å². The average molecular weight is 446 g/mol. The molecule has 0 spiro atoms. The first-order valence-electron chi connectivity index (χ1n) is 10.3. The third-order valence-electron chi connectivity index (χ3n) is 5.19. The van der Waals surface area contributed by atoms with Crippen molar-refractivity contribution in [3.63, 3.8) is 0 Å². The van der Waals surface area contributed by atoms with Crippen molar-refractivity contribution in [1.82, 2.24) is 4.90 Å². The summed E-state index contributed by atoms with van der Waals surface area (Å²) in [6.45, 7) is 6.27. The number of carbonyl (C=O) groups excluding carboxylic acids is 2. The first-order valence-corrected chi connectivity index (χ1v) is 11.9. The fraction of sp³-hybridized carbons (Fsp3) is 0.364. The molecule has 0 unspecified atom stereocenters. The van der Waals surface area contributed by atoms with Gasteiger partial charge in [0.2, 0.25) is 10.0 Å². The highest BCUT2D eigenvalue weighted by molar-refractivity contribution is 7.92. The Morgan fingerprint density at radius 1 is 1.06 bits per heavy atom. The number of amides is 2. The molecule has 1 atom stereocenters. The number of para-hydroxylation sites is 3. The van der Waals surface area contributed by atoms with Crippen LogP contribution in [0.25, 0.3) is 0 Å². The lowest BCUT2D eigenvalue weighted by atomic mass is 10.1. The molecule has 1 aliphatic rings. The molecule has 8 nitrogen and oxygen atoms in total. The van der Waals surface area contributed by atoms with E-state index in [4.69, 9.17) is 4.74 Å². The molecule has 2 aromatic carbocycles. The minimum atomic E-state index is -3.60. The van der Waals surface area contributed by atoms with Gasteiger partial charge in [0.25, 0.3) is 11.8 Å². The third-order valence-corrected chi connectivity index (χ3v) is 6.94. The molecule has 0 radical (unpaired) electrons. The predicted molar refractivity (Wildman–Crippen MR) is 120 cm³/mol. The van der Waals surface area contributed by atoms with Crippen molar-refractivity contribution in [3.05, 3.63) is 54.1 Å². The molecule has 0 saturated heterocycles. The summed E-state index contributed by atoms with van der Waals surface area (Å²) in [5.41, 5.74) is 1.14. The smallest absolute Gasteiger partial charge is 0.267 e. The Hall–Kier alpha value is -3.07. The summed E-state index contributed by atoms with van der Waals surface area (Å²) in [5, 5.41) is 2.75. The maximum absolute atomic E-state index is 13.0. The number of hydrogen-bond donors (Lipinski definition) is 1. The second kappa shape index (κ2) is 9.38. The highest BCUT2D eigenvalue weighted by atomic mass is 32.2. The second-order valence-corrected chi connectivity index (χ2v) is 9.20. The maximum Gasteiger partial charge on any atom is 0.267 e. The first-order chi connectivity index (χ1) is 14.8. The minimum Gasteiger partial charge on any atom is -0.476 e. The van der Waals surface area contributed by atoms with Crippen LogP contribution in [0.4, 0.5) is 11.4 Å². The average Bonchev–Trinajstić information content (AvgIpc) is 2.79. The molecule has 31 heavy (non-hydrogen) atoms. The number of nitrogens with one attached hydrogen (secondary N) is 1. The van der Waals surface area contributed by atoms with Crippen LogP contribution in [0, 0.1) is 0 Å². The Balaban J connectivity index is 1.88. The molecule has 2 aromatic rings. The Kier molecular flexibility index (Phi) is 6.84. The van der Waals surface area contributed by atoms with E-state index < -0.39 is 22.0 Å². The van der Waals surface area contributed by atoms with Gasteiger partial charge in [0.15, 0.2) is 6.10 Å². The van der Waals surface area contributed by atoms with Crippen LogP contribution < -0.4 is 14.4 Å². The highest BCUT2D eigenvalue weighted by Gasteiger charge is 2.36. The number of carbonyl (C=O) groups is 2. The van der Waals surface area contributed by atoms with Crippen molar-refractivity contribution in [2.24, 2.45) is 0 Å². The number of ether oxygens (including phenoxy) is 1. The van der Waals surface area contributed by atoms with Gasteiger partial charge >= 0.3 is 0 Å². The van der Waals surface area contributed by atoms with Crippen molar-refractivity contribution >= 4 is 33.2 Å². The number of benzene rings is 2. The molecule has 3 rings (SSSR count). The molecule has 2 amide bonds. The SMILES string of the molecule is CCN(CC)C(=O)c1ccccc1NC(=O)[C@@H]1CN(S(=O)(=O)CC)c2ccccc2O1. The monoisotopic (exact) mass is 445 g/mol. The lowest BCUT2D eigenvalue weighted by Crippen LogP contribution is -2.49. The molecule has 0 bridgehead atoms. The van der Waals surface area contributed by atoms with E-state index in [9.17, 15) is 18.0 Å². The van der Waals surface area contributed by atoms with Gasteiger partial charge in [0.05, 0.1) is 29.2 Å². The zero-order valence-corrected chi connectivity index (χ0v) is 18.7. The number of hydrogen-bond acceptors (Lipinski definition) is 5. The van der Waals surface area contributed by atoms with Gasteiger partial charge in [-0.15, -0.1) is 0 Å². The summed E-state index contributed by atoms with van der Waals surface area (Å²) >= 11 is 0. The van der Waals surface area contributed by atoms with Gasteiger partial charge in [-0.2, -0.15) is 0 Å². The van der Waals surface area contributed by atoms with Crippen molar-refractivity contribution in [2.75, 3.05) is 35.0 Å². The van der Waals surface area contributed by atoms with E-state index in [2.05, 4.69) is 5.32 Å². The third kappa shape index (κ3) is 4.66. The number of fused-ring (bicyclic) bond motifs is 1. The quantitative estimate of drug-likeness (QED) is 0.707. The summed E-state index contributed by atoms with van der Waals surface area (Å²) in [4.78, 5) is 27.5. The van der Waals surface area contributed by atoms with E-state index in [0.29, 0.717) is 35.8 Å². The fourth-order valence-corrected chi connectivity index (χ4v) is 4.56. The van der Waals surface area contributed by atoms with Gasteiger partial charge in [-0.1, -0.05) is 24.3 Å². The molecule has 166 valence electrons. The topological polar surface area (TPSA) is 96.0 Å². The minimum absolute atomic E-state index is 0.100. The van der Waals surface area contributed by atoms with Crippen LogP contribution in [0.3, 0.4) is 0 Å². The zero-order chi connectivity index (χ0) is 22.6. The van der Waals surface area contributed by atoms with Crippen molar-refractivity contribution in [1.29, 1.82) is 0 Å². The Labute approximate surface area is 182 Å². The highest BCUT2D eigenvalue weighted by Crippen LogP contribution is 2.35. The van der Waals surface area contributed by atoms with Crippen LogP contribution in [0.15, 0.2) is 48.5 Å². The molecule has 9 heteroatoms. The molecule has 1 N–H and O–H groups in total. The van der Waals surface area contributed by atoms with Gasteiger partial charge in [-0.3, -0.25) is 13.9 Å². The number of rotatable bonds is 7. The molecule has 1 aliphatic heterocycles. The van der Waals surface area contributed by atoms with Crippen LogP contribution in [0.1, 0.15) is 31.1 Å². The van der Waals surface area contributed by atoms with E-state index in [1.165, 1.54) is 4.31 Å². The summed E-state index contributed by atoms with van der Waals surface area (Å²) in [6.07, 6.45) is -1.06. The summed E-state index contributed by atoms with van der Waals surface area (Å²) in [7, 11) is -3.60. The molecule has 0 fully saturated rings. The van der Waals surface area contributed by atoms with E-state index in [1.807, 2.05) is 13.8 Å². The van der Waals surface area contributed by atoms with Crippen molar-refractivity contribution in [3.8, 4) is 5.75 Å². The van der Waals surface area contributed by atoms with Crippen LogP contribution >= 0.6 is 0 Å². The van der Waals surface area contributed by atoms with Gasteiger partial charge in [-0.25, -0.2) is 8.42 Å². The van der Waals surface area contributed by atoms with Gasteiger partial charge in [-0.05, 0) is 45.0 Å². The van der Waals surface area contributed by atoms with E-state index in [0.717, 1.165) is 0 Å². The number of anilines is 2. The van der Waals surface area contributed by atoms with Gasteiger partial charge < -0.3 is 15.0 Å². The lowest BCUT2D eigenvalue weighted by molar-refractivity contribution is -0.122. The van der Waals surface area contributed by atoms with Crippen LogP contribution in [0.5, 0.6) is 5.75 Å². The first kappa shape index (κ1) is 22.6. The predicted octanol–water partition coefficient (Wildman–Crippen LogP) is 2.72. The van der Waals surface area contributed by atoms with Gasteiger partial charge in [0.1, 0.15) is 5.75 Å². The largest absolute Gasteiger partial charge is 0.476 e. The van der Waals surface area contributed by atoms with Crippen LogP contribution in [0.2, 0.25) is 0 Å². The standard InChI is InChI=1S/C22H27N3O5S/c1-4-24(5-2)22(27)16-11-7-8-12-17(16)23-21(26)20-15-25(31(28,29)6-3)18-13-9-10-14-19(18)30-20/h7-14,20H,4-6,15H2,1-3H3,(H,23,26)/t20-/m0/s1. The van der Waals surface area contributed by atoms with Crippen LogP contribution in [-0.2, 0) is 14.8 Å². The Morgan fingerprint density at radius 3 is 2.39 bits per heavy atom. The molecule has 0 aromatic heterocycles. The summed E-state index contributed by atoms with van der Waals surface area (Å²) < 4.78 is 32.3. The maximum atomic E-state index is 13.0. The van der Waals surface area contributed by atoms with E-state index in [-0.39, 0.29) is 18.2 Å². The lowest BCUT2D eigenvalue weighted by Gasteiger charge is -2.34. The fourth-order valence-electron chi connectivity index (χ4n) is 3.43. The molecular weight excluding hydrogens is 418 g/mol. The Morgan fingerprint density at radius 2 is 1.71 bits per heavy atom. The number of sulfonamides is 1.